The van der Waals surface area contributed by atoms with Crippen molar-refractivity contribution < 1.29 is 26.2 Å². The summed E-state index contributed by atoms with van der Waals surface area (Å²) in [5.41, 5.74) is 16.5. The second kappa shape index (κ2) is 17.4. The Balaban J connectivity index is 0.00000539. The van der Waals surface area contributed by atoms with Gasteiger partial charge in [0.1, 0.15) is 11.6 Å². The van der Waals surface area contributed by atoms with Gasteiger partial charge in [0.05, 0.1) is 33.3 Å². The van der Waals surface area contributed by atoms with E-state index in [2.05, 4.69) is 227 Å². The Morgan fingerprint density at radius 3 is 1.84 bits per heavy atom. The maximum Gasteiger partial charge on any atom is 0.148 e. The van der Waals surface area contributed by atoms with Crippen LogP contribution in [0.2, 0.25) is 0 Å². The van der Waals surface area contributed by atoms with Crippen molar-refractivity contribution in [3.8, 4) is 73.2 Å². The van der Waals surface area contributed by atoms with E-state index in [1.54, 1.807) is 0 Å². The molecule has 336 valence electrons. The zero-order valence-electron chi connectivity index (χ0n) is 39.0. The zero-order valence-corrected chi connectivity index (χ0v) is 41.3. The van der Waals surface area contributed by atoms with Crippen molar-refractivity contribution in [1.82, 2.24) is 19.1 Å². The summed E-state index contributed by atoms with van der Waals surface area (Å²) >= 11 is 0. The molecule has 3 heterocycles. The van der Waals surface area contributed by atoms with E-state index < -0.39 is 0 Å². The third kappa shape index (κ3) is 7.95. The SMILES string of the molecule is CC(C)(C)c1cc(-c2cc(-c3ccccc3)ccn2)[c-]c(-c2cccc3c2nc(-c2cc4c5ccccc5n(-c5ccccc5)c4cc2O)n3-c2ccc(C(C)(C)C)cc2-c2ccccc2)c1.[Pt]. The van der Waals surface area contributed by atoms with Crippen molar-refractivity contribution in [2.45, 2.75) is 52.4 Å². The molecule has 6 heteroatoms. The van der Waals surface area contributed by atoms with Gasteiger partial charge in [-0.05, 0) is 81.6 Å². The third-order valence-electron chi connectivity index (χ3n) is 13.1. The van der Waals surface area contributed by atoms with Crippen LogP contribution in [0, 0.1) is 6.07 Å². The standard InChI is InChI=1S/C62H51N4O.Pt/c1-61(2,3)45-29-30-55(50(37-45)41-21-12-8-13-22-41)66-56-28-18-26-48(43-33-44(35-46(34-43)62(4,5)6)53-36-42(31-32-63-53)40-19-10-7-11-20-40)59(56)64-60(66)52-38-51-49-25-16-17-27-54(49)65(57(51)39-58(52)67)47-23-14-9-15-24-47;/h7-32,34-39,67H,1-6H3;/q-1;. The van der Waals surface area contributed by atoms with E-state index >= 15 is 0 Å². The molecule has 0 aliphatic carbocycles. The number of hydrogen-bond acceptors (Lipinski definition) is 3. The van der Waals surface area contributed by atoms with Crippen molar-refractivity contribution >= 4 is 32.8 Å². The van der Waals surface area contributed by atoms with Gasteiger partial charge in [-0.15, -0.1) is 29.3 Å². The van der Waals surface area contributed by atoms with E-state index in [-0.39, 0.29) is 37.6 Å². The minimum absolute atomic E-state index is 0. The van der Waals surface area contributed by atoms with E-state index in [4.69, 9.17) is 9.97 Å². The largest absolute Gasteiger partial charge is 0.507 e. The monoisotopic (exact) mass is 1060 g/mol. The van der Waals surface area contributed by atoms with Gasteiger partial charge >= 0.3 is 0 Å². The first-order valence-electron chi connectivity index (χ1n) is 23.0. The molecule has 68 heavy (non-hydrogen) atoms. The minimum atomic E-state index is -0.173. The van der Waals surface area contributed by atoms with E-state index in [1.165, 1.54) is 11.1 Å². The van der Waals surface area contributed by atoms with Gasteiger partial charge in [0, 0.05) is 61.0 Å². The van der Waals surface area contributed by atoms with E-state index in [1.807, 2.05) is 24.4 Å². The Morgan fingerprint density at radius 1 is 0.471 bits per heavy atom. The van der Waals surface area contributed by atoms with Gasteiger partial charge in [0.25, 0.3) is 0 Å². The second-order valence-electron chi connectivity index (χ2n) is 19.6. The van der Waals surface area contributed by atoms with Gasteiger partial charge in [0.2, 0.25) is 0 Å². The molecule has 11 aromatic rings. The summed E-state index contributed by atoms with van der Waals surface area (Å²) in [7, 11) is 0. The van der Waals surface area contributed by atoms with E-state index in [9.17, 15) is 5.11 Å². The molecule has 5 nitrogen and oxygen atoms in total. The third-order valence-corrected chi connectivity index (χ3v) is 13.1. The fourth-order valence-corrected chi connectivity index (χ4v) is 9.50. The number of aromatic hydroxyl groups is 1. The van der Waals surface area contributed by atoms with Crippen LogP contribution in [0.1, 0.15) is 52.7 Å². The molecule has 0 aliphatic heterocycles. The van der Waals surface area contributed by atoms with Crippen LogP contribution in [0.3, 0.4) is 0 Å². The number of imidazole rings is 1. The number of rotatable bonds is 7. The van der Waals surface area contributed by atoms with Gasteiger partial charge in [-0.2, -0.15) is 0 Å². The van der Waals surface area contributed by atoms with E-state index in [0.717, 1.165) is 88.9 Å². The number of benzene rings is 8. The number of pyridine rings is 1. The van der Waals surface area contributed by atoms with Crippen molar-refractivity contribution in [2.24, 2.45) is 0 Å². The van der Waals surface area contributed by atoms with E-state index in [0.29, 0.717) is 11.4 Å². The molecule has 0 atom stereocenters. The summed E-state index contributed by atoms with van der Waals surface area (Å²) in [4.78, 5) is 10.6. The Kier molecular flexibility index (Phi) is 11.4. The van der Waals surface area contributed by atoms with Crippen LogP contribution in [0.25, 0.3) is 100 Å². The minimum Gasteiger partial charge on any atom is -0.507 e. The topological polar surface area (TPSA) is 55.9 Å². The molecule has 8 aromatic carbocycles. The van der Waals surface area contributed by atoms with Crippen LogP contribution in [0.15, 0.2) is 194 Å². The Morgan fingerprint density at radius 2 is 1.12 bits per heavy atom. The quantitative estimate of drug-likeness (QED) is 0.162. The van der Waals surface area contributed by atoms with Gasteiger partial charge in [-0.1, -0.05) is 174 Å². The first kappa shape index (κ1) is 44.5. The number of fused-ring (bicyclic) bond motifs is 4. The molecule has 3 aromatic heterocycles. The first-order valence-corrected chi connectivity index (χ1v) is 23.0. The Bertz CT molecular complexity index is 3650. The van der Waals surface area contributed by atoms with Crippen LogP contribution in [0.4, 0.5) is 0 Å². The van der Waals surface area contributed by atoms with Crippen LogP contribution >= 0.6 is 0 Å². The van der Waals surface area contributed by atoms with Gasteiger partial charge < -0.3 is 9.67 Å². The average Bonchev–Trinajstić information content (AvgIpc) is 3.89. The zero-order chi connectivity index (χ0) is 46.0. The number of para-hydroxylation sites is 3. The maximum atomic E-state index is 12.5. The van der Waals surface area contributed by atoms with Gasteiger partial charge in [0.15, 0.2) is 0 Å². The fourth-order valence-electron chi connectivity index (χ4n) is 9.50. The molecule has 0 saturated carbocycles. The van der Waals surface area contributed by atoms with Crippen molar-refractivity contribution in [3.05, 3.63) is 211 Å². The summed E-state index contributed by atoms with van der Waals surface area (Å²) in [6.45, 7) is 13.5. The number of aromatic nitrogens is 4. The molecule has 0 spiro atoms. The van der Waals surface area contributed by atoms with Crippen LogP contribution in [-0.4, -0.2) is 24.2 Å². The summed E-state index contributed by atoms with van der Waals surface area (Å²) in [5.74, 6) is 0.787. The number of phenols is 1. The molecule has 0 radical (unpaired) electrons. The first-order chi connectivity index (χ1) is 32.4. The predicted octanol–water partition coefficient (Wildman–Crippen LogP) is 16.0. The van der Waals surface area contributed by atoms with Gasteiger partial charge in [-0.3, -0.25) is 9.55 Å². The van der Waals surface area contributed by atoms with Crippen LogP contribution in [0.5, 0.6) is 5.75 Å². The molecule has 0 fully saturated rings. The Hall–Kier alpha value is -7.33. The maximum absolute atomic E-state index is 12.5. The molecule has 0 aliphatic rings. The summed E-state index contributed by atoms with van der Waals surface area (Å²) in [6.07, 6.45) is 1.89. The van der Waals surface area contributed by atoms with Crippen LogP contribution in [-0.2, 0) is 31.9 Å². The molecular formula is C62H51N4OPt-. The second-order valence-corrected chi connectivity index (χ2v) is 19.6. The van der Waals surface area contributed by atoms with Crippen molar-refractivity contribution in [2.75, 3.05) is 0 Å². The summed E-state index contributed by atoms with van der Waals surface area (Å²) in [6, 6.07) is 69.6. The normalized spacial score (nSPS) is 11.9. The fraction of sp³-hybridized carbons (Fsp3) is 0.129. The van der Waals surface area contributed by atoms with Crippen LogP contribution < -0.4 is 0 Å². The molecule has 11 rings (SSSR count). The molecule has 0 amide bonds. The molecule has 0 unspecified atom stereocenters. The number of phenolic OH excluding ortho intramolecular Hbond substituents is 1. The Labute approximate surface area is 412 Å². The van der Waals surface area contributed by atoms with Crippen molar-refractivity contribution in [3.63, 3.8) is 0 Å². The number of nitrogens with zero attached hydrogens (tertiary/aromatic N) is 4. The predicted molar refractivity (Wildman–Crippen MR) is 278 cm³/mol. The molecule has 1 N–H and O–H groups in total. The smallest absolute Gasteiger partial charge is 0.148 e. The molecule has 0 saturated heterocycles. The molecule has 0 bridgehead atoms. The summed E-state index contributed by atoms with van der Waals surface area (Å²) < 4.78 is 4.48. The van der Waals surface area contributed by atoms with Crippen molar-refractivity contribution in [1.29, 1.82) is 0 Å². The average molecular weight is 1060 g/mol. The molecular weight excluding hydrogens is 1010 g/mol. The van der Waals surface area contributed by atoms with Gasteiger partial charge in [-0.25, -0.2) is 4.98 Å². The summed E-state index contributed by atoms with van der Waals surface area (Å²) in [5, 5.41) is 14.6. The number of hydrogen-bond donors (Lipinski definition) is 1.